The normalized spacial score (nSPS) is 14.7. The molecule has 1 aromatic heterocycles. The zero-order chi connectivity index (χ0) is 15.9. The van der Waals surface area contributed by atoms with Crippen LogP contribution in [0, 0.1) is 0 Å². The number of carbonyl (C=O) groups is 1. The summed E-state index contributed by atoms with van der Waals surface area (Å²) in [7, 11) is 1.00. The molecule has 1 aliphatic heterocycles. The van der Waals surface area contributed by atoms with Crippen molar-refractivity contribution in [3.63, 3.8) is 0 Å². The van der Waals surface area contributed by atoms with Gasteiger partial charge >= 0.3 is 5.97 Å². The highest BCUT2D eigenvalue weighted by molar-refractivity contribution is 5.91. The number of aromatic nitrogens is 1. The summed E-state index contributed by atoms with van der Waals surface area (Å²) in [4.78, 5) is 17.0. The third-order valence-corrected chi connectivity index (χ3v) is 3.90. The fourth-order valence-electron chi connectivity index (χ4n) is 2.94. The molecule has 0 spiro atoms. The van der Waals surface area contributed by atoms with E-state index >= 15 is 0 Å². The minimum atomic E-state index is -0.274. The first-order valence-electron chi connectivity index (χ1n) is 7.68. The first kappa shape index (κ1) is 16.5. The van der Waals surface area contributed by atoms with Gasteiger partial charge in [-0.15, -0.1) is 0 Å². The van der Waals surface area contributed by atoms with E-state index in [1.54, 1.807) is 0 Å². The zero-order valence-electron chi connectivity index (χ0n) is 13.3. The van der Waals surface area contributed by atoms with Crippen LogP contribution in [0.1, 0.15) is 25.3 Å². The minimum Gasteiger partial charge on any atom is -0.426 e. The minimum absolute atomic E-state index is 0.274. The van der Waals surface area contributed by atoms with E-state index in [-0.39, 0.29) is 5.97 Å². The number of fused-ring (bicyclic) bond motifs is 1. The van der Waals surface area contributed by atoms with Gasteiger partial charge in [0.05, 0.1) is 0 Å². The van der Waals surface area contributed by atoms with Crippen molar-refractivity contribution < 1.29 is 14.6 Å². The monoisotopic (exact) mass is 304 g/mol. The Morgan fingerprint density at radius 3 is 2.73 bits per heavy atom. The fraction of sp³-hybridized carbons (Fsp3) is 0.471. The number of nitrogens with zero attached hydrogens (tertiary/aromatic N) is 1. The molecule has 5 nitrogen and oxygen atoms in total. The Hall–Kier alpha value is -1.85. The summed E-state index contributed by atoms with van der Waals surface area (Å²) < 4.78 is 5.33. The smallest absolute Gasteiger partial charge is 0.308 e. The van der Waals surface area contributed by atoms with Gasteiger partial charge in [0.2, 0.25) is 0 Å². The van der Waals surface area contributed by atoms with Crippen molar-refractivity contribution in [2.45, 2.75) is 26.2 Å². The van der Waals surface area contributed by atoms with Gasteiger partial charge in [0, 0.05) is 37.7 Å². The second kappa shape index (κ2) is 7.96. The van der Waals surface area contributed by atoms with Gasteiger partial charge in [-0.05, 0) is 50.0 Å². The largest absolute Gasteiger partial charge is 0.426 e. The van der Waals surface area contributed by atoms with Crippen LogP contribution < -0.4 is 4.74 Å². The summed E-state index contributed by atoms with van der Waals surface area (Å²) in [6.07, 6.45) is 5.64. The van der Waals surface area contributed by atoms with E-state index in [9.17, 15) is 4.79 Å². The molecule has 0 atom stereocenters. The van der Waals surface area contributed by atoms with E-state index in [1.807, 2.05) is 24.4 Å². The van der Waals surface area contributed by atoms with Crippen LogP contribution in [0.2, 0.25) is 0 Å². The van der Waals surface area contributed by atoms with E-state index in [4.69, 9.17) is 9.84 Å². The molecule has 1 aliphatic rings. The number of aromatic amines is 1. The van der Waals surface area contributed by atoms with Crippen LogP contribution in [0.15, 0.2) is 24.4 Å². The molecule has 1 saturated heterocycles. The fourth-order valence-corrected chi connectivity index (χ4v) is 2.94. The Balaban J connectivity index is 0.000000847. The van der Waals surface area contributed by atoms with Crippen LogP contribution in [0.3, 0.4) is 0 Å². The van der Waals surface area contributed by atoms with Crippen molar-refractivity contribution in [1.29, 1.82) is 0 Å². The first-order valence-corrected chi connectivity index (χ1v) is 7.68. The number of carbonyl (C=O) groups excluding carboxylic acids is 1. The van der Waals surface area contributed by atoms with Gasteiger partial charge in [-0.2, -0.15) is 0 Å². The quantitative estimate of drug-likeness (QED) is 0.672. The molecule has 5 heteroatoms. The Morgan fingerprint density at radius 1 is 1.32 bits per heavy atom. The van der Waals surface area contributed by atoms with Gasteiger partial charge in [-0.3, -0.25) is 4.79 Å². The lowest BCUT2D eigenvalue weighted by atomic mass is 10.1. The average Bonchev–Trinajstić information content (AvgIpc) is 3.16. The second-order valence-electron chi connectivity index (χ2n) is 5.39. The molecule has 0 unspecified atom stereocenters. The number of hydrogen-bond donors (Lipinski definition) is 2. The molecule has 1 aromatic carbocycles. The number of hydrogen-bond acceptors (Lipinski definition) is 4. The molecule has 2 aromatic rings. The second-order valence-corrected chi connectivity index (χ2v) is 5.39. The molecule has 22 heavy (non-hydrogen) atoms. The van der Waals surface area contributed by atoms with E-state index < -0.39 is 0 Å². The van der Waals surface area contributed by atoms with Crippen LogP contribution in [-0.4, -0.2) is 47.7 Å². The lowest BCUT2D eigenvalue weighted by Gasteiger charge is -2.14. The molecule has 2 heterocycles. The van der Waals surface area contributed by atoms with Gasteiger partial charge in [0.1, 0.15) is 5.75 Å². The number of likely N-dealkylation sites (tertiary alicyclic amines) is 1. The van der Waals surface area contributed by atoms with E-state index in [0.29, 0.717) is 5.75 Å². The Kier molecular flexibility index (Phi) is 5.98. The number of aliphatic hydroxyl groups excluding tert-OH is 1. The van der Waals surface area contributed by atoms with Crippen molar-refractivity contribution >= 4 is 16.9 Å². The highest BCUT2D eigenvalue weighted by Crippen LogP contribution is 2.29. The average molecular weight is 304 g/mol. The summed E-state index contributed by atoms with van der Waals surface area (Å²) in [5.74, 6) is 0.386. The summed E-state index contributed by atoms with van der Waals surface area (Å²) >= 11 is 0. The predicted octanol–water partition coefficient (Wildman–Crippen LogP) is 2.34. The first-order chi connectivity index (χ1) is 10.7. The third-order valence-electron chi connectivity index (χ3n) is 3.90. The van der Waals surface area contributed by atoms with Gasteiger partial charge in [-0.1, -0.05) is 6.07 Å². The lowest BCUT2D eigenvalue weighted by molar-refractivity contribution is -0.131. The number of ether oxygens (including phenoxy) is 1. The maximum absolute atomic E-state index is 11.2. The molecule has 0 aliphatic carbocycles. The highest BCUT2D eigenvalue weighted by atomic mass is 16.5. The molecule has 1 fully saturated rings. The van der Waals surface area contributed by atoms with Crippen LogP contribution in [0.25, 0.3) is 10.9 Å². The van der Waals surface area contributed by atoms with Crippen molar-refractivity contribution in [1.82, 2.24) is 9.88 Å². The number of rotatable bonds is 4. The molecular weight excluding hydrogens is 280 g/mol. The van der Waals surface area contributed by atoms with Crippen LogP contribution in [-0.2, 0) is 11.2 Å². The van der Waals surface area contributed by atoms with Crippen LogP contribution in [0.5, 0.6) is 5.75 Å². The third kappa shape index (κ3) is 3.87. The van der Waals surface area contributed by atoms with Crippen molar-refractivity contribution in [2.24, 2.45) is 0 Å². The molecule has 0 amide bonds. The number of esters is 1. The molecular formula is C17H24N2O3. The molecule has 2 N–H and O–H groups in total. The molecule has 0 bridgehead atoms. The molecule has 120 valence electrons. The summed E-state index contributed by atoms with van der Waals surface area (Å²) in [5.41, 5.74) is 2.25. The van der Waals surface area contributed by atoms with Gasteiger partial charge in [0.15, 0.2) is 0 Å². The van der Waals surface area contributed by atoms with Crippen LogP contribution in [0.4, 0.5) is 0 Å². The van der Waals surface area contributed by atoms with Gasteiger partial charge in [-0.25, -0.2) is 0 Å². The zero-order valence-corrected chi connectivity index (χ0v) is 13.3. The van der Waals surface area contributed by atoms with E-state index in [1.165, 1.54) is 38.4 Å². The predicted molar refractivity (Wildman–Crippen MR) is 87.1 cm³/mol. The summed E-state index contributed by atoms with van der Waals surface area (Å²) in [6.45, 7) is 4.93. The van der Waals surface area contributed by atoms with Crippen molar-refractivity contribution in [3.8, 4) is 5.75 Å². The maximum atomic E-state index is 11.2. The molecule has 3 rings (SSSR count). The van der Waals surface area contributed by atoms with Crippen LogP contribution >= 0.6 is 0 Å². The Bertz CT molecular complexity index is 615. The Morgan fingerprint density at radius 2 is 2.05 bits per heavy atom. The lowest BCUT2D eigenvalue weighted by Crippen LogP contribution is -2.21. The van der Waals surface area contributed by atoms with Gasteiger partial charge in [0.25, 0.3) is 0 Å². The Labute approximate surface area is 130 Å². The summed E-state index contributed by atoms with van der Waals surface area (Å²) in [6, 6.07) is 5.78. The molecule has 0 saturated carbocycles. The number of benzene rings is 1. The number of nitrogens with one attached hydrogen (secondary N) is 1. The SMILES string of the molecule is CC(=O)Oc1cccc2[nH]cc(CCN3CCCC3)c12.CO. The number of H-pyrrole nitrogens is 1. The molecule has 0 radical (unpaired) electrons. The number of aliphatic hydroxyl groups is 1. The van der Waals surface area contributed by atoms with E-state index in [0.717, 1.165) is 31.0 Å². The van der Waals surface area contributed by atoms with Crippen molar-refractivity contribution in [3.05, 3.63) is 30.0 Å². The van der Waals surface area contributed by atoms with Crippen molar-refractivity contribution in [2.75, 3.05) is 26.7 Å². The topological polar surface area (TPSA) is 65.6 Å². The van der Waals surface area contributed by atoms with Gasteiger partial charge < -0.3 is 19.7 Å². The standard InChI is InChI=1S/C16H20N2O2.CH4O/c1-12(19)20-15-6-4-5-14-16(15)13(11-17-14)7-10-18-8-2-3-9-18;1-2/h4-6,11,17H,2-3,7-10H2,1H3;2H,1H3. The summed E-state index contributed by atoms with van der Waals surface area (Å²) in [5, 5.41) is 8.04. The highest BCUT2D eigenvalue weighted by Gasteiger charge is 2.14. The van der Waals surface area contributed by atoms with E-state index in [2.05, 4.69) is 9.88 Å². The maximum Gasteiger partial charge on any atom is 0.308 e.